The summed E-state index contributed by atoms with van der Waals surface area (Å²) in [6.45, 7) is -0.166. The summed E-state index contributed by atoms with van der Waals surface area (Å²) in [5, 5.41) is 0. The Labute approximate surface area is 111 Å². The molecule has 0 bridgehead atoms. The lowest BCUT2D eigenvalue weighted by molar-refractivity contribution is -0.0442. The summed E-state index contributed by atoms with van der Waals surface area (Å²) in [6.07, 6.45) is -1.12. The number of sulfonamides is 1. The molecule has 1 unspecified atom stereocenters. The van der Waals surface area contributed by atoms with Crippen LogP contribution in [0.1, 0.15) is 6.92 Å². The average Bonchev–Trinajstić information content (AvgIpc) is 2.54. The number of alkyl halides is 3. The third-order valence-corrected chi connectivity index (χ3v) is 4.59. The van der Waals surface area contributed by atoms with Gasteiger partial charge in [-0.1, -0.05) is 4.13 Å². The van der Waals surface area contributed by atoms with E-state index in [9.17, 15) is 34.8 Å². The van der Waals surface area contributed by atoms with Gasteiger partial charge in [-0.2, -0.15) is 21.6 Å². The monoisotopic (exact) mass is 343 g/mol. The first-order valence-electron chi connectivity index (χ1n) is 4.61. The first-order valence-corrected chi connectivity index (χ1v) is 7.51. The number of nitrogens with one attached hydrogen (secondary N) is 1. The van der Waals surface area contributed by atoms with Gasteiger partial charge in [-0.3, -0.25) is 4.18 Å². The number of carbonyl (C=O) groups is 1. The highest BCUT2D eigenvalue weighted by atomic mass is 32.3. The summed E-state index contributed by atoms with van der Waals surface area (Å²) in [5.41, 5.74) is -7.38. The van der Waals surface area contributed by atoms with Gasteiger partial charge in [0.2, 0.25) is 0 Å². The highest BCUT2D eigenvalue weighted by molar-refractivity contribution is 8.03. The van der Waals surface area contributed by atoms with Crippen LogP contribution in [0.3, 0.4) is 0 Å². The fourth-order valence-electron chi connectivity index (χ4n) is 0.951. The Morgan fingerprint density at radius 3 is 2.30 bits per heavy atom. The third-order valence-electron chi connectivity index (χ3n) is 1.86. The molecule has 1 saturated heterocycles. The SMILES string of the molecule is CC1(COS(=O)(=O)NS(=O)(=O)C(F)(F)F)COC(=O)O1. The summed E-state index contributed by atoms with van der Waals surface area (Å²) >= 11 is 0. The summed E-state index contributed by atoms with van der Waals surface area (Å²) < 4.78 is 92.4. The van der Waals surface area contributed by atoms with Gasteiger partial charge in [0.1, 0.15) is 13.2 Å². The summed E-state index contributed by atoms with van der Waals surface area (Å²) in [5.74, 6) is 0. The van der Waals surface area contributed by atoms with Gasteiger partial charge in [-0.25, -0.2) is 13.2 Å². The second-order valence-electron chi connectivity index (χ2n) is 3.84. The molecule has 0 aliphatic carbocycles. The van der Waals surface area contributed by atoms with Crippen LogP contribution in [0.15, 0.2) is 0 Å². The van der Waals surface area contributed by atoms with Gasteiger partial charge in [0, 0.05) is 0 Å². The van der Waals surface area contributed by atoms with Crippen LogP contribution in [0.5, 0.6) is 0 Å². The highest BCUT2D eigenvalue weighted by Gasteiger charge is 2.49. The molecule has 0 radical (unpaired) electrons. The number of hydrogen-bond acceptors (Lipinski definition) is 8. The quantitative estimate of drug-likeness (QED) is 0.669. The molecule has 1 atom stereocenters. The molecule has 1 fully saturated rings. The van der Waals surface area contributed by atoms with Gasteiger partial charge in [0.25, 0.3) is 0 Å². The second kappa shape index (κ2) is 5.01. The normalized spacial score (nSPS) is 24.3. The van der Waals surface area contributed by atoms with E-state index >= 15 is 0 Å². The molecule has 1 rings (SSSR count). The Bertz CT molecular complexity index is 596. The van der Waals surface area contributed by atoms with Crippen LogP contribution < -0.4 is 4.13 Å². The molecule has 0 amide bonds. The van der Waals surface area contributed by atoms with Gasteiger partial charge in [-0.05, 0) is 6.92 Å². The molecular formula is C6H8F3NO8S2. The van der Waals surface area contributed by atoms with Crippen molar-refractivity contribution in [3.8, 4) is 0 Å². The maximum Gasteiger partial charge on any atom is 0.512 e. The molecule has 0 spiro atoms. The molecule has 14 heteroatoms. The van der Waals surface area contributed by atoms with E-state index in [1.807, 2.05) is 0 Å². The Morgan fingerprint density at radius 1 is 1.35 bits per heavy atom. The summed E-state index contributed by atoms with van der Waals surface area (Å²) in [4.78, 5) is 10.6. The zero-order valence-corrected chi connectivity index (χ0v) is 11.3. The van der Waals surface area contributed by atoms with E-state index in [4.69, 9.17) is 0 Å². The number of ether oxygens (including phenoxy) is 2. The first-order chi connectivity index (χ1) is 8.77. The van der Waals surface area contributed by atoms with Crippen LogP contribution in [-0.2, 0) is 34.0 Å². The van der Waals surface area contributed by atoms with E-state index in [2.05, 4.69) is 13.7 Å². The Kier molecular flexibility index (Phi) is 4.24. The van der Waals surface area contributed by atoms with Gasteiger partial charge in [-0.15, -0.1) is 0 Å². The lowest BCUT2D eigenvalue weighted by Crippen LogP contribution is -2.43. The molecule has 0 aromatic heterocycles. The van der Waals surface area contributed by atoms with Gasteiger partial charge in [0.05, 0.1) is 0 Å². The van der Waals surface area contributed by atoms with Crippen molar-refractivity contribution in [3.05, 3.63) is 0 Å². The minimum absolute atomic E-state index is 0.341. The van der Waals surface area contributed by atoms with E-state index < -0.39 is 50.8 Å². The molecule has 0 saturated carbocycles. The highest BCUT2D eigenvalue weighted by Crippen LogP contribution is 2.23. The number of halogens is 3. The van der Waals surface area contributed by atoms with E-state index in [0.717, 1.165) is 0 Å². The van der Waals surface area contributed by atoms with Crippen molar-refractivity contribution in [2.75, 3.05) is 13.2 Å². The zero-order chi connectivity index (χ0) is 15.8. The van der Waals surface area contributed by atoms with Crippen LogP contribution >= 0.6 is 0 Å². The molecule has 1 aliphatic rings. The fraction of sp³-hybridized carbons (Fsp3) is 0.833. The zero-order valence-electron chi connectivity index (χ0n) is 9.63. The Balaban J connectivity index is 2.71. The number of carbonyl (C=O) groups excluding carboxylic acids is 1. The summed E-state index contributed by atoms with van der Waals surface area (Å²) in [7, 11) is -11.4. The van der Waals surface area contributed by atoms with Crippen molar-refractivity contribution in [3.63, 3.8) is 0 Å². The number of rotatable bonds is 5. The second-order valence-corrected chi connectivity index (χ2v) is 7.12. The van der Waals surface area contributed by atoms with Crippen molar-refractivity contribution in [1.29, 1.82) is 0 Å². The standard InChI is InChI=1S/C6H8F3NO8S2/c1-5(2-16-4(11)18-5)3-17-20(14,15)10-19(12,13)6(7,8)9/h10H,2-3H2,1H3. The molecule has 1 heterocycles. The van der Waals surface area contributed by atoms with Crippen molar-refractivity contribution in [1.82, 2.24) is 4.13 Å². The molecule has 9 nitrogen and oxygen atoms in total. The fourth-order valence-corrected chi connectivity index (χ4v) is 3.00. The van der Waals surface area contributed by atoms with Crippen molar-refractivity contribution >= 4 is 26.5 Å². The summed E-state index contributed by atoms with van der Waals surface area (Å²) in [6, 6.07) is 0. The topological polar surface area (TPSA) is 125 Å². The Hall–Kier alpha value is -1.12. The third kappa shape index (κ3) is 4.19. The van der Waals surface area contributed by atoms with Crippen molar-refractivity contribution in [2.45, 2.75) is 18.0 Å². The first kappa shape index (κ1) is 16.9. The van der Waals surface area contributed by atoms with E-state index in [1.165, 1.54) is 6.92 Å². The minimum atomic E-state index is -6.13. The number of cyclic esters (lactones) is 2. The van der Waals surface area contributed by atoms with Crippen LogP contribution in [0.25, 0.3) is 0 Å². The molecule has 0 aromatic carbocycles. The van der Waals surface area contributed by atoms with E-state index in [-0.39, 0.29) is 0 Å². The molecular weight excluding hydrogens is 335 g/mol. The smallest absolute Gasteiger partial charge is 0.430 e. The van der Waals surface area contributed by atoms with Crippen molar-refractivity contribution in [2.24, 2.45) is 0 Å². The minimum Gasteiger partial charge on any atom is -0.430 e. The molecule has 0 aromatic rings. The van der Waals surface area contributed by atoms with Crippen LogP contribution in [0, 0.1) is 0 Å². The van der Waals surface area contributed by atoms with Gasteiger partial charge in [0.15, 0.2) is 5.60 Å². The lowest BCUT2D eigenvalue weighted by atomic mass is 10.1. The van der Waals surface area contributed by atoms with Crippen LogP contribution in [-0.4, -0.2) is 47.3 Å². The van der Waals surface area contributed by atoms with Crippen LogP contribution in [0.4, 0.5) is 18.0 Å². The van der Waals surface area contributed by atoms with Crippen LogP contribution in [0.2, 0.25) is 0 Å². The average molecular weight is 343 g/mol. The Morgan fingerprint density at radius 2 is 1.90 bits per heavy atom. The lowest BCUT2D eigenvalue weighted by Gasteiger charge is -2.19. The maximum absolute atomic E-state index is 12.0. The van der Waals surface area contributed by atoms with E-state index in [0.29, 0.717) is 4.13 Å². The van der Waals surface area contributed by atoms with Crippen molar-refractivity contribution < 1.29 is 48.5 Å². The maximum atomic E-state index is 12.0. The predicted octanol–water partition coefficient (Wildman–Crippen LogP) is -0.387. The molecule has 1 aliphatic heterocycles. The molecule has 118 valence electrons. The predicted molar refractivity (Wildman–Crippen MR) is 53.8 cm³/mol. The number of hydrogen-bond donors (Lipinski definition) is 1. The van der Waals surface area contributed by atoms with Gasteiger partial charge >= 0.3 is 32.0 Å². The largest absolute Gasteiger partial charge is 0.512 e. The van der Waals surface area contributed by atoms with Gasteiger partial charge < -0.3 is 9.47 Å². The van der Waals surface area contributed by atoms with E-state index in [1.54, 1.807) is 0 Å². The molecule has 20 heavy (non-hydrogen) atoms. The molecule has 1 N–H and O–H groups in total.